The van der Waals surface area contributed by atoms with Crippen molar-refractivity contribution in [1.29, 1.82) is 0 Å². The molecule has 0 saturated carbocycles. The third-order valence-electron chi connectivity index (χ3n) is 2.67. The quantitative estimate of drug-likeness (QED) is 0.865. The van der Waals surface area contributed by atoms with Crippen LogP contribution in [0.5, 0.6) is 5.75 Å². The number of carboxylic acids is 2. The Kier molecular flexibility index (Phi) is 6.84. The predicted octanol–water partition coefficient (Wildman–Crippen LogP) is 1.62. The van der Waals surface area contributed by atoms with E-state index in [2.05, 4.69) is 5.73 Å². The molecule has 0 saturated heterocycles. The minimum absolute atomic E-state index is 0.0194. The maximum absolute atomic E-state index is 10.6. The Bertz CT molecular complexity index is 678. The summed E-state index contributed by atoms with van der Waals surface area (Å²) >= 11 is 11.0. The highest BCUT2D eigenvalue weighted by atomic mass is 35.5. The van der Waals surface area contributed by atoms with Crippen molar-refractivity contribution in [2.24, 2.45) is 0 Å². The number of halogens is 2. The standard InChI is InChI=1S/C8H4Cl2O4.C7H9NO/c9-5-1-3(7(11)12)4(8(13)14)2-6(5)10;1-9-7-4-2-6(8)3-5-7/h1-2H,(H,11,12)(H,13,14);2-5H,8H2,1H3. The second-order valence-corrected chi connectivity index (χ2v) is 5.07. The molecule has 0 bridgehead atoms. The van der Waals surface area contributed by atoms with Gasteiger partial charge >= 0.3 is 5.97 Å². The number of quaternary nitrogens is 1. The minimum atomic E-state index is -1.61. The number of benzene rings is 2. The number of carbonyl (C=O) groups is 2. The van der Waals surface area contributed by atoms with Crippen LogP contribution in [0.25, 0.3) is 0 Å². The number of ether oxygens (including phenoxy) is 1. The van der Waals surface area contributed by atoms with E-state index in [1.54, 1.807) is 7.11 Å². The Balaban J connectivity index is 0.000000253. The van der Waals surface area contributed by atoms with Gasteiger partial charge in [0.25, 0.3) is 0 Å². The van der Waals surface area contributed by atoms with E-state index in [-0.39, 0.29) is 10.0 Å². The fraction of sp³-hybridized carbons (Fsp3) is 0.0667. The predicted molar refractivity (Wildman–Crippen MR) is 83.3 cm³/mol. The smallest absolute Gasteiger partial charge is 0.336 e. The van der Waals surface area contributed by atoms with Crippen molar-refractivity contribution in [3.05, 3.63) is 57.6 Å². The van der Waals surface area contributed by atoms with Gasteiger partial charge in [0.2, 0.25) is 0 Å². The van der Waals surface area contributed by atoms with E-state index in [1.807, 2.05) is 24.3 Å². The summed E-state index contributed by atoms with van der Waals surface area (Å²) in [5, 5.41) is 19.1. The summed E-state index contributed by atoms with van der Waals surface area (Å²) in [6.45, 7) is 0. The normalized spacial score (nSPS) is 9.57. The Morgan fingerprint density at radius 3 is 1.96 bits per heavy atom. The van der Waals surface area contributed by atoms with E-state index in [1.165, 1.54) is 0 Å². The Morgan fingerprint density at radius 1 is 1.09 bits per heavy atom. The third-order valence-corrected chi connectivity index (χ3v) is 3.39. The number of aromatic carboxylic acids is 2. The van der Waals surface area contributed by atoms with Gasteiger partial charge in [-0.15, -0.1) is 0 Å². The minimum Gasteiger partial charge on any atom is -0.545 e. The highest BCUT2D eigenvalue weighted by Crippen LogP contribution is 2.25. The van der Waals surface area contributed by atoms with Crippen LogP contribution in [0.4, 0.5) is 5.69 Å². The van der Waals surface area contributed by atoms with Crippen molar-refractivity contribution in [1.82, 2.24) is 0 Å². The Labute approximate surface area is 142 Å². The molecule has 0 fully saturated rings. The molecule has 0 unspecified atom stereocenters. The van der Waals surface area contributed by atoms with Gasteiger partial charge in [0, 0.05) is 17.7 Å². The van der Waals surface area contributed by atoms with Gasteiger partial charge < -0.3 is 25.5 Å². The molecule has 0 spiro atoms. The van der Waals surface area contributed by atoms with Crippen LogP contribution in [0.3, 0.4) is 0 Å². The maximum atomic E-state index is 10.6. The highest BCUT2D eigenvalue weighted by molar-refractivity contribution is 6.42. The molecular weight excluding hydrogens is 345 g/mol. The summed E-state index contributed by atoms with van der Waals surface area (Å²) in [5.74, 6) is -2.13. The van der Waals surface area contributed by atoms with E-state index in [9.17, 15) is 14.7 Å². The molecule has 23 heavy (non-hydrogen) atoms. The molecule has 0 atom stereocenters. The molecule has 0 amide bonds. The van der Waals surface area contributed by atoms with Gasteiger partial charge in [0.05, 0.1) is 28.7 Å². The summed E-state index contributed by atoms with van der Waals surface area (Å²) in [6.07, 6.45) is 0. The second-order valence-electron chi connectivity index (χ2n) is 4.25. The lowest BCUT2D eigenvalue weighted by atomic mass is 10.1. The largest absolute Gasteiger partial charge is 0.545 e. The number of carbonyl (C=O) groups excluding carboxylic acids is 1. The average molecular weight is 358 g/mol. The number of rotatable bonds is 3. The Hall–Kier alpha value is -2.28. The summed E-state index contributed by atoms with van der Waals surface area (Å²) in [5.41, 5.74) is 3.81. The lowest BCUT2D eigenvalue weighted by Gasteiger charge is -2.08. The van der Waals surface area contributed by atoms with E-state index < -0.39 is 23.1 Å². The van der Waals surface area contributed by atoms with E-state index in [0.717, 1.165) is 23.6 Å². The zero-order valence-electron chi connectivity index (χ0n) is 12.0. The molecular formula is C15H13Cl2NO5. The molecule has 0 aliphatic heterocycles. The molecule has 8 heteroatoms. The fourth-order valence-electron chi connectivity index (χ4n) is 1.52. The van der Waals surface area contributed by atoms with Gasteiger partial charge in [-0.1, -0.05) is 23.2 Å². The molecule has 2 rings (SSSR count). The fourth-order valence-corrected chi connectivity index (χ4v) is 1.85. The van der Waals surface area contributed by atoms with E-state index in [0.29, 0.717) is 0 Å². The Morgan fingerprint density at radius 2 is 1.57 bits per heavy atom. The molecule has 2 aromatic rings. The van der Waals surface area contributed by atoms with Crippen molar-refractivity contribution in [3.8, 4) is 5.75 Å². The monoisotopic (exact) mass is 357 g/mol. The molecule has 4 N–H and O–H groups in total. The van der Waals surface area contributed by atoms with E-state index in [4.69, 9.17) is 33.0 Å². The maximum Gasteiger partial charge on any atom is 0.336 e. The van der Waals surface area contributed by atoms with Crippen LogP contribution in [0.15, 0.2) is 36.4 Å². The van der Waals surface area contributed by atoms with Crippen molar-refractivity contribution in [2.75, 3.05) is 7.11 Å². The van der Waals surface area contributed by atoms with Crippen LogP contribution in [0.2, 0.25) is 10.0 Å². The molecule has 6 nitrogen and oxygen atoms in total. The van der Waals surface area contributed by atoms with Gasteiger partial charge in [0.1, 0.15) is 11.4 Å². The van der Waals surface area contributed by atoms with Gasteiger partial charge in [-0.3, -0.25) is 0 Å². The number of carboxylic acid groups (broad SMARTS) is 2. The van der Waals surface area contributed by atoms with Crippen LogP contribution in [0, 0.1) is 0 Å². The summed E-state index contributed by atoms with van der Waals surface area (Å²) in [4.78, 5) is 21.1. The molecule has 0 aromatic heterocycles. The first-order chi connectivity index (χ1) is 10.8. The topological polar surface area (TPSA) is 114 Å². The summed E-state index contributed by atoms with van der Waals surface area (Å²) < 4.78 is 4.94. The van der Waals surface area contributed by atoms with Crippen LogP contribution in [0.1, 0.15) is 20.7 Å². The van der Waals surface area contributed by atoms with Gasteiger partial charge in [-0.05, 0) is 24.3 Å². The first kappa shape index (κ1) is 18.8. The average Bonchev–Trinajstić information content (AvgIpc) is 2.50. The van der Waals surface area contributed by atoms with Crippen LogP contribution in [-0.4, -0.2) is 24.2 Å². The molecule has 0 aliphatic rings. The van der Waals surface area contributed by atoms with Crippen molar-refractivity contribution in [3.63, 3.8) is 0 Å². The molecule has 0 radical (unpaired) electrons. The summed E-state index contributed by atoms with van der Waals surface area (Å²) in [6, 6.07) is 9.53. The van der Waals surface area contributed by atoms with Gasteiger partial charge in [-0.25, -0.2) is 4.79 Å². The highest BCUT2D eigenvalue weighted by Gasteiger charge is 2.13. The number of hydrogen-bond donors (Lipinski definition) is 2. The van der Waals surface area contributed by atoms with Crippen LogP contribution < -0.4 is 15.6 Å². The number of methoxy groups -OCH3 is 1. The van der Waals surface area contributed by atoms with Crippen molar-refractivity contribution >= 4 is 40.8 Å². The van der Waals surface area contributed by atoms with Gasteiger partial charge in [0.15, 0.2) is 0 Å². The first-order valence-electron chi connectivity index (χ1n) is 6.16. The third kappa shape index (κ3) is 5.45. The van der Waals surface area contributed by atoms with Gasteiger partial charge in [-0.2, -0.15) is 0 Å². The molecule has 0 aliphatic carbocycles. The molecule has 2 aromatic carbocycles. The van der Waals surface area contributed by atoms with Crippen LogP contribution in [-0.2, 0) is 0 Å². The van der Waals surface area contributed by atoms with E-state index >= 15 is 0 Å². The zero-order valence-corrected chi connectivity index (χ0v) is 13.5. The van der Waals surface area contributed by atoms with Crippen LogP contribution >= 0.6 is 23.2 Å². The van der Waals surface area contributed by atoms with Crippen molar-refractivity contribution < 1.29 is 30.3 Å². The zero-order chi connectivity index (χ0) is 17.6. The molecule has 122 valence electrons. The lowest BCUT2D eigenvalue weighted by Crippen LogP contribution is -2.39. The lowest BCUT2D eigenvalue weighted by molar-refractivity contribution is -0.255. The summed E-state index contributed by atoms with van der Waals surface area (Å²) in [7, 11) is 1.65. The molecule has 0 heterocycles. The van der Waals surface area contributed by atoms with Crippen molar-refractivity contribution in [2.45, 2.75) is 0 Å². The SMILES string of the molecule is COc1ccc([NH3+])cc1.O=C([O-])c1cc(Cl)c(Cl)cc1C(=O)O. The number of hydrogen-bond acceptors (Lipinski definition) is 4. The first-order valence-corrected chi connectivity index (χ1v) is 6.91. The second kappa shape index (κ2) is 8.38.